The maximum atomic E-state index is 12.9. The monoisotopic (exact) mass is 317 g/mol. The molecule has 1 fully saturated rings. The first-order chi connectivity index (χ1) is 11.0. The largest absolute Gasteiger partial charge is 0.361 e. The minimum absolute atomic E-state index is 0.0732. The molecule has 0 aromatic carbocycles. The summed E-state index contributed by atoms with van der Waals surface area (Å²) in [6, 6.07) is 1.86. The van der Waals surface area contributed by atoms with Crippen molar-refractivity contribution in [3.63, 3.8) is 0 Å². The molecular weight excluding hydrogens is 294 g/mol. The first-order valence-corrected chi connectivity index (χ1v) is 7.83. The van der Waals surface area contributed by atoms with Crippen molar-refractivity contribution in [2.45, 2.75) is 26.3 Å². The van der Waals surface area contributed by atoms with Crippen LogP contribution in [-0.4, -0.2) is 45.9 Å². The van der Waals surface area contributed by atoms with Gasteiger partial charge in [-0.3, -0.25) is 9.48 Å². The zero-order valence-corrected chi connectivity index (χ0v) is 14.0. The van der Waals surface area contributed by atoms with Crippen LogP contribution < -0.4 is 5.32 Å². The van der Waals surface area contributed by atoms with Gasteiger partial charge in [0.25, 0.3) is 0 Å². The molecule has 1 aliphatic rings. The molecule has 7 heteroatoms. The van der Waals surface area contributed by atoms with Crippen LogP contribution in [0.3, 0.4) is 0 Å². The van der Waals surface area contributed by atoms with E-state index < -0.39 is 0 Å². The van der Waals surface area contributed by atoms with Gasteiger partial charge in [0.1, 0.15) is 11.5 Å². The number of aryl methyl sites for hydroxylation is 2. The Morgan fingerprint density at radius 1 is 1.48 bits per heavy atom. The van der Waals surface area contributed by atoms with Crippen LogP contribution in [0.25, 0.3) is 0 Å². The van der Waals surface area contributed by atoms with Gasteiger partial charge in [-0.05, 0) is 19.4 Å². The van der Waals surface area contributed by atoms with Crippen LogP contribution in [0.1, 0.15) is 28.6 Å². The molecule has 1 saturated heterocycles. The zero-order valence-electron chi connectivity index (χ0n) is 14.0. The van der Waals surface area contributed by atoms with Gasteiger partial charge < -0.3 is 14.7 Å². The third-order valence-electron chi connectivity index (χ3n) is 4.66. The van der Waals surface area contributed by atoms with Gasteiger partial charge in [0.2, 0.25) is 5.91 Å². The first-order valence-electron chi connectivity index (χ1n) is 7.83. The lowest BCUT2D eigenvalue weighted by atomic mass is 9.88. The summed E-state index contributed by atoms with van der Waals surface area (Å²) in [5.41, 5.74) is 3.05. The average Bonchev–Trinajstić information content (AvgIpc) is 3.21. The Hall–Kier alpha value is -2.15. The van der Waals surface area contributed by atoms with Crippen LogP contribution >= 0.6 is 0 Å². The molecule has 0 aliphatic carbocycles. The molecule has 2 aromatic heterocycles. The van der Waals surface area contributed by atoms with Crippen LogP contribution in [0.4, 0.5) is 0 Å². The van der Waals surface area contributed by atoms with Crippen molar-refractivity contribution in [2.24, 2.45) is 13.0 Å². The molecule has 0 unspecified atom stereocenters. The van der Waals surface area contributed by atoms with Gasteiger partial charge in [-0.25, -0.2) is 0 Å². The van der Waals surface area contributed by atoms with E-state index in [1.165, 1.54) is 0 Å². The van der Waals surface area contributed by atoms with E-state index >= 15 is 0 Å². The highest BCUT2D eigenvalue weighted by Gasteiger charge is 2.37. The van der Waals surface area contributed by atoms with Gasteiger partial charge in [-0.2, -0.15) is 5.10 Å². The molecule has 1 amide bonds. The lowest BCUT2D eigenvalue weighted by Crippen LogP contribution is -2.35. The van der Waals surface area contributed by atoms with Gasteiger partial charge in [0.15, 0.2) is 0 Å². The number of carbonyl (C=O) groups is 1. The van der Waals surface area contributed by atoms with E-state index in [0.29, 0.717) is 13.1 Å². The number of rotatable bonds is 4. The van der Waals surface area contributed by atoms with E-state index in [4.69, 9.17) is 4.52 Å². The molecule has 3 heterocycles. The number of carbonyl (C=O) groups excluding carboxylic acids is 1. The number of nitrogens with one attached hydrogen (secondary N) is 1. The molecule has 23 heavy (non-hydrogen) atoms. The van der Waals surface area contributed by atoms with Crippen molar-refractivity contribution >= 4 is 5.91 Å². The Morgan fingerprint density at radius 3 is 2.87 bits per heavy atom. The topological polar surface area (TPSA) is 76.2 Å². The van der Waals surface area contributed by atoms with E-state index in [1.54, 1.807) is 4.90 Å². The van der Waals surface area contributed by atoms with Gasteiger partial charge in [0, 0.05) is 44.9 Å². The third-order valence-corrected chi connectivity index (χ3v) is 4.66. The quantitative estimate of drug-likeness (QED) is 0.910. The van der Waals surface area contributed by atoms with Crippen LogP contribution in [0, 0.1) is 19.8 Å². The Morgan fingerprint density at radius 2 is 2.26 bits per heavy atom. The number of aromatic nitrogens is 3. The van der Waals surface area contributed by atoms with E-state index in [9.17, 15) is 4.79 Å². The zero-order chi connectivity index (χ0) is 16.6. The summed E-state index contributed by atoms with van der Waals surface area (Å²) >= 11 is 0. The summed E-state index contributed by atoms with van der Waals surface area (Å²) in [6.07, 6.45) is 1.88. The van der Waals surface area contributed by atoms with Crippen LogP contribution in [0.2, 0.25) is 0 Å². The maximum Gasteiger partial charge on any atom is 0.227 e. The average molecular weight is 317 g/mol. The summed E-state index contributed by atoms with van der Waals surface area (Å²) < 4.78 is 6.93. The number of nitrogens with zero attached hydrogens (tertiary/aromatic N) is 4. The second-order valence-corrected chi connectivity index (χ2v) is 6.30. The summed E-state index contributed by atoms with van der Waals surface area (Å²) in [4.78, 5) is 14.6. The molecule has 124 valence electrons. The Bertz CT molecular complexity index is 705. The van der Waals surface area contributed by atoms with E-state index in [1.807, 2.05) is 44.9 Å². The van der Waals surface area contributed by atoms with Crippen molar-refractivity contribution in [3.8, 4) is 0 Å². The summed E-state index contributed by atoms with van der Waals surface area (Å²) in [7, 11) is 3.74. The van der Waals surface area contributed by atoms with Crippen molar-refractivity contribution in [3.05, 3.63) is 35.0 Å². The van der Waals surface area contributed by atoms with Gasteiger partial charge in [-0.1, -0.05) is 5.16 Å². The molecular formula is C16H23N5O2. The van der Waals surface area contributed by atoms with Crippen LogP contribution in [-0.2, 0) is 18.4 Å². The van der Waals surface area contributed by atoms with Crippen LogP contribution in [0.15, 0.2) is 16.8 Å². The molecule has 0 spiro atoms. The van der Waals surface area contributed by atoms with Gasteiger partial charge in [-0.15, -0.1) is 0 Å². The second-order valence-electron chi connectivity index (χ2n) is 6.30. The van der Waals surface area contributed by atoms with E-state index in [2.05, 4.69) is 15.6 Å². The second kappa shape index (κ2) is 6.16. The molecule has 7 nitrogen and oxygen atoms in total. The lowest BCUT2D eigenvalue weighted by molar-refractivity contribution is -0.134. The lowest BCUT2D eigenvalue weighted by Gasteiger charge is -2.24. The molecule has 0 bridgehead atoms. The van der Waals surface area contributed by atoms with Crippen molar-refractivity contribution in [1.82, 2.24) is 25.2 Å². The minimum atomic E-state index is -0.0732. The highest BCUT2D eigenvalue weighted by Crippen LogP contribution is 2.31. The molecule has 2 atom stereocenters. The fourth-order valence-corrected chi connectivity index (χ4v) is 3.24. The summed E-state index contributed by atoms with van der Waals surface area (Å²) in [6.45, 7) is 5.86. The minimum Gasteiger partial charge on any atom is -0.361 e. The Kier molecular flexibility index (Phi) is 4.21. The smallest absolute Gasteiger partial charge is 0.227 e. The van der Waals surface area contributed by atoms with E-state index in [-0.39, 0.29) is 17.7 Å². The molecule has 0 radical (unpaired) electrons. The van der Waals surface area contributed by atoms with E-state index in [0.717, 1.165) is 29.3 Å². The molecule has 2 aromatic rings. The predicted molar refractivity (Wildman–Crippen MR) is 84.8 cm³/mol. The SMILES string of the molecule is Cc1cc(CN(C)C(=O)[C@H]2CNC[C@@H]2c2cnn(C)c2C)no1. The van der Waals surface area contributed by atoms with Crippen molar-refractivity contribution in [2.75, 3.05) is 20.1 Å². The maximum absolute atomic E-state index is 12.9. The standard InChI is InChI=1S/C16H23N5O2/c1-10-5-12(19-23-10)9-20(3)16(22)15-7-17-6-14(15)13-8-18-21(4)11(13)2/h5,8,14-15,17H,6-7,9H2,1-4H3/t14-,15+/m1/s1. The number of amides is 1. The highest BCUT2D eigenvalue weighted by atomic mass is 16.5. The Balaban J connectivity index is 1.74. The van der Waals surface area contributed by atoms with Crippen molar-refractivity contribution < 1.29 is 9.32 Å². The number of hydrogen-bond acceptors (Lipinski definition) is 5. The Labute approximate surface area is 135 Å². The summed E-state index contributed by atoms with van der Waals surface area (Å²) in [5, 5.41) is 11.6. The first kappa shape index (κ1) is 15.7. The van der Waals surface area contributed by atoms with Crippen molar-refractivity contribution in [1.29, 1.82) is 0 Å². The van der Waals surface area contributed by atoms with Gasteiger partial charge in [0.05, 0.1) is 18.7 Å². The number of hydrogen-bond donors (Lipinski definition) is 1. The molecule has 0 saturated carbocycles. The van der Waals surface area contributed by atoms with Crippen LogP contribution in [0.5, 0.6) is 0 Å². The highest BCUT2D eigenvalue weighted by molar-refractivity contribution is 5.80. The van der Waals surface area contributed by atoms with Gasteiger partial charge >= 0.3 is 0 Å². The molecule has 1 aliphatic heterocycles. The fraction of sp³-hybridized carbons (Fsp3) is 0.562. The fourth-order valence-electron chi connectivity index (χ4n) is 3.24. The molecule has 1 N–H and O–H groups in total. The molecule has 3 rings (SSSR count). The third kappa shape index (κ3) is 3.01. The predicted octanol–water partition coefficient (Wildman–Crippen LogP) is 0.987. The normalized spacial score (nSPS) is 20.9. The summed E-state index contributed by atoms with van der Waals surface area (Å²) in [5.74, 6) is 0.977.